The Morgan fingerprint density at radius 3 is 0.909 bits per heavy atom. The van der Waals surface area contributed by atoms with Gasteiger partial charge >= 0.3 is 21.7 Å². The second-order valence-electron chi connectivity index (χ2n) is 6.28. The Labute approximate surface area is 212 Å². The van der Waals surface area contributed by atoms with Crippen LogP contribution in [-0.4, -0.2) is 36.3 Å². The second kappa shape index (κ2) is 21.3. The Hall–Kier alpha value is -2.51. The van der Waals surface area contributed by atoms with Crippen LogP contribution in [0, 0.1) is 11.8 Å². The molecule has 0 aliphatic heterocycles. The van der Waals surface area contributed by atoms with Gasteiger partial charge in [-0.3, -0.25) is 0 Å². The Morgan fingerprint density at radius 1 is 0.576 bits per heavy atom. The molecule has 0 radical (unpaired) electrons. The molecule has 0 aromatic heterocycles. The zero-order chi connectivity index (χ0) is 25.1. The Bertz CT molecular complexity index is 709. The summed E-state index contributed by atoms with van der Waals surface area (Å²) >= 11 is 0. The fraction of sp³-hybridized carbons (Fsp3) is 0.308. The van der Waals surface area contributed by atoms with E-state index >= 15 is 0 Å². The monoisotopic (exact) mass is 488 g/mol. The van der Waals surface area contributed by atoms with Crippen molar-refractivity contribution in [1.29, 1.82) is 0 Å². The van der Waals surface area contributed by atoms with Crippen molar-refractivity contribution >= 4 is 23.1 Å². The van der Waals surface area contributed by atoms with Gasteiger partial charge in [-0.1, -0.05) is 26.0 Å². The average molecular weight is 488 g/mol. The molecule has 0 bridgehead atoms. The fourth-order valence-electron chi connectivity index (χ4n) is 2.52. The minimum Gasteiger partial charge on any atom is -0.855 e. The van der Waals surface area contributed by atoms with Gasteiger partial charge in [0.2, 0.25) is 0 Å². The largest absolute Gasteiger partial charge is 4.00 e. The first kappa shape index (κ1) is 35.1. The molecular weight excluding hydrogens is 456 g/mol. The summed E-state index contributed by atoms with van der Waals surface area (Å²) in [5.74, 6) is -0.170. The summed E-state index contributed by atoms with van der Waals surface area (Å²) in [4.78, 5) is 44.5. The molecule has 2 rings (SSSR count). The third kappa shape index (κ3) is 15.9. The van der Waals surface area contributed by atoms with Crippen LogP contribution in [0.5, 0.6) is 0 Å². The summed E-state index contributed by atoms with van der Waals surface area (Å²) in [6.07, 6.45) is 0. The van der Waals surface area contributed by atoms with Crippen molar-refractivity contribution in [3.8, 4) is 0 Å². The van der Waals surface area contributed by atoms with Crippen LogP contribution in [0.15, 0.2) is 60.7 Å². The number of ketones is 4. The predicted molar refractivity (Wildman–Crippen MR) is 121 cm³/mol. The number of hydrogen-bond donors (Lipinski definition) is 0. The average Bonchev–Trinajstić information content (AvgIpc) is 2.70. The van der Waals surface area contributed by atoms with Crippen molar-refractivity contribution in [2.45, 2.75) is 41.5 Å². The summed E-state index contributed by atoms with van der Waals surface area (Å²) in [7, 11) is 0. The van der Waals surface area contributed by atoms with Gasteiger partial charge in [0.15, 0.2) is 0 Å². The summed E-state index contributed by atoms with van der Waals surface area (Å²) in [6.45, 7) is 8.76. The van der Waals surface area contributed by atoms with Gasteiger partial charge in [0.25, 0.3) is 0 Å². The topological polar surface area (TPSA) is 114 Å². The van der Waals surface area contributed by atoms with E-state index in [0.29, 0.717) is 11.1 Å². The zero-order valence-electron chi connectivity index (χ0n) is 20.1. The molecule has 0 spiro atoms. The smallest absolute Gasteiger partial charge is 0.855 e. The van der Waals surface area contributed by atoms with Crippen LogP contribution < -0.4 is 10.2 Å². The van der Waals surface area contributed by atoms with E-state index in [0.717, 1.165) is 0 Å². The maximum Gasteiger partial charge on any atom is 4.00 e. The SMILES string of the molecule is CC(=O)[C-](C(C)=O)c1ccccc1.CC(=O)[C-](C(C)=O)c1ccccc1.CC[O-].CC[O-].[Ti+4]. The van der Waals surface area contributed by atoms with Gasteiger partial charge in [0.05, 0.1) is 0 Å². The van der Waals surface area contributed by atoms with Crippen LogP contribution >= 0.6 is 0 Å². The number of Topliss-reactive ketones (excluding diaryl/α,β-unsaturated/α-hetero) is 4. The van der Waals surface area contributed by atoms with Gasteiger partial charge in [0.1, 0.15) is 23.1 Å². The Morgan fingerprint density at radius 2 is 0.758 bits per heavy atom. The maximum atomic E-state index is 11.1. The first-order chi connectivity index (χ1) is 15.1. The van der Waals surface area contributed by atoms with Crippen molar-refractivity contribution in [2.75, 3.05) is 13.2 Å². The van der Waals surface area contributed by atoms with Gasteiger partial charge in [-0.2, -0.15) is 35.4 Å². The number of benzene rings is 2. The van der Waals surface area contributed by atoms with Gasteiger partial charge in [-0.25, -0.2) is 0 Å². The first-order valence-corrected chi connectivity index (χ1v) is 10.1. The number of carbonyl (C=O) groups is 4. The molecule has 0 atom stereocenters. The molecular formula is C26H32O6Ti. The van der Waals surface area contributed by atoms with E-state index < -0.39 is 0 Å². The van der Waals surface area contributed by atoms with E-state index in [9.17, 15) is 19.2 Å². The van der Waals surface area contributed by atoms with Gasteiger partial charge in [-0.05, 0) is 39.5 Å². The summed E-state index contributed by atoms with van der Waals surface area (Å²) in [6, 6.07) is 18.0. The normalized spacial score (nSPS) is 8.48. The van der Waals surface area contributed by atoms with E-state index in [-0.39, 0.29) is 69.9 Å². The summed E-state index contributed by atoms with van der Waals surface area (Å²) in [5.41, 5.74) is 1.39. The number of hydrogen-bond acceptors (Lipinski definition) is 6. The molecule has 0 aliphatic carbocycles. The molecule has 0 saturated carbocycles. The molecule has 176 valence electrons. The summed E-state index contributed by atoms with van der Waals surface area (Å²) in [5, 5.41) is 17.9. The van der Waals surface area contributed by atoms with Crippen LogP contribution in [0.1, 0.15) is 52.7 Å². The van der Waals surface area contributed by atoms with E-state index in [4.69, 9.17) is 10.2 Å². The van der Waals surface area contributed by atoms with E-state index in [1.54, 1.807) is 62.4 Å². The maximum absolute atomic E-state index is 11.1. The Kier molecular flexibility index (Phi) is 22.7. The summed E-state index contributed by atoms with van der Waals surface area (Å²) < 4.78 is 0. The van der Waals surface area contributed by atoms with Gasteiger partial charge < -0.3 is 29.4 Å². The van der Waals surface area contributed by atoms with Crippen LogP contribution in [0.3, 0.4) is 0 Å². The van der Waals surface area contributed by atoms with Gasteiger partial charge in [0, 0.05) is 0 Å². The predicted octanol–water partition coefficient (Wildman–Crippen LogP) is 2.31. The molecule has 0 N–H and O–H groups in total. The van der Waals surface area contributed by atoms with E-state index in [2.05, 4.69) is 0 Å². The second-order valence-corrected chi connectivity index (χ2v) is 6.28. The molecule has 0 fully saturated rings. The molecule has 0 amide bonds. The molecule has 0 saturated heterocycles. The first-order valence-electron chi connectivity index (χ1n) is 10.1. The van der Waals surface area contributed by atoms with Crippen LogP contribution in [0.2, 0.25) is 0 Å². The fourth-order valence-corrected chi connectivity index (χ4v) is 2.52. The molecule has 33 heavy (non-hydrogen) atoms. The van der Waals surface area contributed by atoms with Crippen LogP contribution in [-0.2, 0) is 40.9 Å². The standard InChI is InChI=1S/2C11H11O2.2C2H5O.Ti/c2*1-8(12)11(9(2)13)10-6-4-3-5-7-10;2*1-2-3;/h2*3-7H,1-2H3;2*2H2,1H3;/q4*-1;+4. The number of carbonyl (C=O) groups excluding carboxylic acids is 4. The molecule has 2 aromatic rings. The minimum atomic E-state index is -0.182. The molecule has 7 heteroatoms. The molecule has 0 heterocycles. The Balaban J connectivity index is -0.000000430. The third-order valence-electron chi connectivity index (χ3n) is 3.53. The van der Waals surface area contributed by atoms with Crippen molar-refractivity contribution in [1.82, 2.24) is 0 Å². The molecule has 6 nitrogen and oxygen atoms in total. The van der Waals surface area contributed by atoms with Crippen molar-refractivity contribution < 1.29 is 51.1 Å². The zero-order valence-corrected chi connectivity index (χ0v) is 21.7. The quantitative estimate of drug-likeness (QED) is 0.350. The van der Waals surface area contributed by atoms with Crippen molar-refractivity contribution in [3.05, 3.63) is 83.6 Å². The molecule has 0 aliphatic rings. The van der Waals surface area contributed by atoms with E-state index in [1.165, 1.54) is 27.7 Å². The van der Waals surface area contributed by atoms with Crippen LogP contribution in [0.4, 0.5) is 0 Å². The molecule has 0 unspecified atom stereocenters. The molecule has 2 aromatic carbocycles. The minimum absolute atomic E-state index is 0. The van der Waals surface area contributed by atoms with Crippen molar-refractivity contribution in [2.24, 2.45) is 0 Å². The van der Waals surface area contributed by atoms with Crippen molar-refractivity contribution in [3.63, 3.8) is 0 Å². The van der Waals surface area contributed by atoms with Gasteiger partial charge in [-0.15, -0.1) is 37.5 Å². The van der Waals surface area contributed by atoms with Crippen LogP contribution in [0.25, 0.3) is 0 Å². The van der Waals surface area contributed by atoms with E-state index in [1.807, 2.05) is 12.1 Å². The third-order valence-corrected chi connectivity index (χ3v) is 3.53. The number of rotatable bonds is 6.